The van der Waals surface area contributed by atoms with E-state index in [1.807, 2.05) is 0 Å². The van der Waals surface area contributed by atoms with Gasteiger partial charge in [0.25, 0.3) is 0 Å². The lowest BCUT2D eigenvalue weighted by Crippen LogP contribution is -1.93. The standard InChI is InChI=1S/C13H23ClO2/c14-12-10-8-6-4-2-1-3-5-7-9-11-13(15)16/h6,8H,1-5,7,9-12H2,(H,15,16)/b8-6+. The summed E-state index contributed by atoms with van der Waals surface area (Å²) in [5, 5.41) is 8.44. The molecule has 2 nitrogen and oxygen atoms in total. The van der Waals surface area contributed by atoms with Crippen LogP contribution < -0.4 is 0 Å². The lowest BCUT2D eigenvalue weighted by atomic mass is 10.1. The van der Waals surface area contributed by atoms with Gasteiger partial charge in [-0.05, 0) is 25.7 Å². The second kappa shape index (κ2) is 12.6. The van der Waals surface area contributed by atoms with Crippen LogP contribution in [0.3, 0.4) is 0 Å². The van der Waals surface area contributed by atoms with Crippen molar-refractivity contribution in [1.82, 2.24) is 0 Å². The van der Waals surface area contributed by atoms with Crippen molar-refractivity contribution in [3.8, 4) is 0 Å². The van der Waals surface area contributed by atoms with E-state index in [2.05, 4.69) is 12.2 Å². The Bertz CT molecular complexity index is 190. The maximum Gasteiger partial charge on any atom is 0.303 e. The van der Waals surface area contributed by atoms with Crippen molar-refractivity contribution in [3.63, 3.8) is 0 Å². The molecule has 0 rings (SSSR count). The maximum absolute atomic E-state index is 10.2. The number of allylic oxidation sites excluding steroid dienone is 2. The lowest BCUT2D eigenvalue weighted by Gasteiger charge is -1.99. The summed E-state index contributed by atoms with van der Waals surface area (Å²) in [6.07, 6.45) is 13.5. The number of rotatable bonds is 11. The summed E-state index contributed by atoms with van der Waals surface area (Å²) < 4.78 is 0. The van der Waals surface area contributed by atoms with Crippen molar-refractivity contribution < 1.29 is 9.90 Å². The van der Waals surface area contributed by atoms with Crippen LogP contribution in [0, 0.1) is 0 Å². The highest BCUT2D eigenvalue weighted by atomic mass is 35.5. The number of aliphatic carboxylic acids is 1. The molecule has 0 saturated heterocycles. The first-order chi connectivity index (χ1) is 7.77. The molecule has 1 N–H and O–H groups in total. The number of carbonyl (C=O) groups is 1. The van der Waals surface area contributed by atoms with Crippen molar-refractivity contribution >= 4 is 17.6 Å². The number of unbranched alkanes of at least 4 members (excludes halogenated alkanes) is 6. The Morgan fingerprint density at radius 1 is 0.938 bits per heavy atom. The summed E-state index contributed by atoms with van der Waals surface area (Å²) in [4.78, 5) is 10.2. The zero-order valence-corrected chi connectivity index (χ0v) is 10.7. The quantitative estimate of drug-likeness (QED) is 0.334. The molecule has 0 unspecified atom stereocenters. The Balaban J connectivity index is 3.01. The van der Waals surface area contributed by atoms with Gasteiger partial charge in [0.2, 0.25) is 0 Å². The minimum absolute atomic E-state index is 0.321. The molecule has 94 valence electrons. The molecule has 0 amide bonds. The summed E-state index contributed by atoms with van der Waals surface area (Å²) in [5.41, 5.74) is 0. The van der Waals surface area contributed by atoms with E-state index in [4.69, 9.17) is 16.7 Å². The van der Waals surface area contributed by atoms with E-state index in [1.165, 1.54) is 25.7 Å². The molecule has 3 heteroatoms. The molecule has 0 aromatic rings. The molecule has 0 aliphatic heterocycles. The molecular formula is C13H23ClO2. The molecule has 0 atom stereocenters. The van der Waals surface area contributed by atoms with Gasteiger partial charge in [0, 0.05) is 12.3 Å². The van der Waals surface area contributed by atoms with E-state index in [0.29, 0.717) is 12.3 Å². The van der Waals surface area contributed by atoms with E-state index in [9.17, 15) is 4.79 Å². The van der Waals surface area contributed by atoms with Crippen molar-refractivity contribution in [2.75, 3.05) is 5.88 Å². The predicted molar refractivity (Wildman–Crippen MR) is 69.0 cm³/mol. The average Bonchev–Trinajstić information content (AvgIpc) is 2.25. The van der Waals surface area contributed by atoms with Crippen molar-refractivity contribution in [1.29, 1.82) is 0 Å². The molecule has 0 saturated carbocycles. The van der Waals surface area contributed by atoms with Gasteiger partial charge in [-0.15, -0.1) is 11.6 Å². The molecular weight excluding hydrogens is 224 g/mol. The number of hydrogen-bond acceptors (Lipinski definition) is 1. The van der Waals surface area contributed by atoms with Crippen LogP contribution in [0.2, 0.25) is 0 Å². The summed E-state index contributed by atoms with van der Waals surface area (Å²) >= 11 is 5.54. The second-order valence-electron chi connectivity index (χ2n) is 4.00. The highest BCUT2D eigenvalue weighted by Crippen LogP contribution is 2.09. The van der Waals surface area contributed by atoms with Gasteiger partial charge in [0.05, 0.1) is 0 Å². The van der Waals surface area contributed by atoms with Crippen LogP contribution in [0.1, 0.15) is 57.8 Å². The Morgan fingerprint density at radius 3 is 2.12 bits per heavy atom. The van der Waals surface area contributed by atoms with Crippen LogP contribution in [-0.2, 0) is 4.79 Å². The molecule has 0 aromatic heterocycles. The monoisotopic (exact) mass is 246 g/mol. The summed E-state index contributed by atoms with van der Waals surface area (Å²) in [5.74, 6) is 0.0320. The van der Waals surface area contributed by atoms with Gasteiger partial charge < -0.3 is 5.11 Å². The van der Waals surface area contributed by atoms with Gasteiger partial charge in [0.15, 0.2) is 0 Å². The van der Waals surface area contributed by atoms with Crippen molar-refractivity contribution in [3.05, 3.63) is 12.2 Å². The van der Waals surface area contributed by atoms with Crippen molar-refractivity contribution in [2.45, 2.75) is 57.8 Å². The van der Waals surface area contributed by atoms with Gasteiger partial charge in [0.1, 0.15) is 0 Å². The highest BCUT2D eigenvalue weighted by molar-refractivity contribution is 6.17. The zero-order chi connectivity index (χ0) is 12.1. The van der Waals surface area contributed by atoms with E-state index in [0.717, 1.165) is 25.7 Å². The SMILES string of the molecule is O=C(O)CCCCCCCC/C=C/CCCl. The number of carboxylic acid groups (broad SMARTS) is 1. The largest absolute Gasteiger partial charge is 0.481 e. The highest BCUT2D eigenvalue weighted by Gasteiger charge is 1.95. The number of alkyl halides is 1. The fraction of sp³-hybridized carbons (Fsp3) is 0.769. The van der Waals surface area contributed by atoms with Gasteiger partial charge in [-0.2, -0.15) is 0 Å². The lowest BCUT2D eigenvalue weighted by molar-refractivity contribution is -0.137. The number of hydrogen-bond donors (Lipinski definition) is 1. The summed E-state index contributed by atoms with van der Waals surface area (Å²) in [6, 6.07) is 0. The van der Waals surface area contributed by atoms with E-state index in [-0.39, 0.29) is 0 Å². The molecule has 0 bridgehead atoms. The molecule has 0 radical (unpaired) electrons. The minimum Gasteiger partial charge on any atom is -0.481 e. The molecule has 0 aliphatic carbocycles. The number of carboxylic acids is 1. The first kappa shape index (κ1) is 15.5. The topological polar surface area (TPSA) is 37.3 Å². The first-order valence-electron chi connectivity index (χ1n) is 6.20. The van der Waals surface area contributed by atoms with Crippen LogP contribution in [0.4, 0.5) is 0 Å². The fourth-order valence-electron chi connectivity index (χ4n) is 1.54. The molecule has 0 heterocycles. The smallest absolute Gasteiger partial charge is 0.303 e. The van der Waals surface area contributed by atoms with E-state index < -0.39 is 5.97 Å². The Morgan fingerprint density at radius 2 is 1.50 bits per heavy atom. The van der Waals surface area contributed by atoms with Gasteiger partial charge in [-0.1, -0.05) is 37.8 Å². The second-order valence-corrected chi connectivity index (χ2v) is 4.38. The van der Waals surface area contributed by atoms with Crippen LogP contribution >= 0.6 is 11.6 Å². The predicted octanol–water partition coefficient (Wildman–Crippen LogP) is 4.38. The summed E-state index contributed by atoms with van der Waals surface area (Å²) in [6.45, 7) is 0. The number of halogens is 1. The molecule has 0 aliphatic rings. The van der Waals surface area contributed by atoms with Crippen LogP contribution in [0.5, 0.6) is 0 Å². The third kappa shape index (κ3) is 13.5. The summed E-state index contributed by atoms with van der Waals surface area (Å²) in [7, 11) is 0. The van der Waals surface area contributed by atoms with Crippen LogP contribution in [0.25, 0.3) is 0 Å². The van der Waals surface area contributed by atoms with Gasteiger partial charge in [-0.25, -0.2) is 0 Å². The molecule has 16 heavy (non-hydrogen) atoms. The zero-order valence-electron chi connectivity index (χ0n) is 9.96. The van der Waals surface area contributed by atoms with E-state index >= 15 is 0 Å². The van der Waals surface area contributed by atoms with Gasteiger partial charge in [-0.3, -0.25) is 4.79 Å². The Kier molecular flexibility index (Phi) is 12.2. The molecule has 0 aromatic carbocycles. The van der Waals surface area contributed by atoms with Crippen LogP contribution in [0.15, 0.2) is 12.2 Å². The van der Waals surface area contributed by atoms with E-state index in [1.54, 1.807) is 0 Å². The third-order valence-electron chi connectivity index (χ3n) is 2.45. The van der Waals surface area contributed by atoms with Crippen molar-refractivity contribution in [2.24, 2.45) is 0 Å². The maximum atomic E-state index is 10.2. The Hall–Kier alpha value is -0.500. The molecule has 0 fully saturated rings. The third-order valence-corrected chi connectivity index (χ3v) is 2.67. The normalized spacial score (nSPS) is 11.1. The molecule has 0 spiro atoms. The van der Waals surface area contributed by atoms with Crippen LogP contribution in [-0.4, -0.2) is 17.0 Å². The first-order valence-corrected chi connectivity index (χ1v) is 6.73. The average molecular weight is 247 g/mol. The minimum atomic E-state index is -0.676. The Labute approximate surface area is 104 Å². The fourth-order valence-corrected chi connectivity index (χ4v) is 1.67. The van der Waals surface area contributed by atoms with Gasteiger partial charge >= 0.3 is 5.97 Å².